The van der Waals surface area contributed by atoms with Crippen LogP contribution in [0, 0.1) is 6.92 Å². The van der Waals surface area contributed by atoms with Crippen LogP contribution in [-0.4, -0.2) is 23.7 Å². The van der Waals surface area contributed by atoms with Crippen LogP contribution in [0.5, 0.6) is 5.75 Å². The van der Waals surface area contributed by atoms with Gasteiger partial charge in [0.15, 0.2) is 0 Å². The molecule has 1 N–H and O–H groups in total. The lowest BCUT2D eigenvalue weighted by molar-refractivity contribution is 0.0951. The number of hydrogen-bond donors (Lipinski definition) is 1. The van der Waals surface area contributed by atoms with E-state index in [1.165, 1.54) is 5.56 Å². The third kappa shape index (κ3) is 5.88. The van der Waals surface area contributed by atoms with E-state index in [-0.39, 0.29) is 12.5 Å². The van der Waals surface area contributed by atoms with Gasteiger partial charge in [-0.05, 0) is 43.7 Å². The summed E-state index contributed by atoms with van der Waals surface area (Å²) >= 11 is 1.61. The summed E-state index contributed by atoms with van der Waals surface area (Å²) in [7, 11) is 0. The van der Waals surface area contributed by atoms with Crippen LogP contribution in [-0.2, 0) is 11.3 Å². The van der Waals surface area contributed by atoms with E-state index in [1.54, 1.807) is 42.5 Å². The Labute approximate surface area is 202 Å². The Morgan fingerprint density at radius 1 is 0.912 bits per heavy atom. The molecule has 4 rings (SSSR count). The van der Waals surface area contributed by atoms with Crippen molar-refractivity contribution in [2.75, 3.05) is 6.61 Å². The van der Waals surface area contributed by atoms with Crippen LogP contribution in [0.1, 0.15) is 28.4 Å². The molecule has 1 heterocycles. The molecule has 0 spiro atoms. The molecule has 0 bridgehead atoms. The van der Waals surface area contributed by atoms with Gasteiger partial charge in [-0.25, -0.2) is 9.78 Å². The van der Waals surface area contributed by atoms with Gasteiger partial charge in [0.25, 0.3) is 5.91 Å². The largest absolute Gasteiger partial charge is 0.513 e. The topological polar surface area (TPSA) is 77.5 Å². The molecule has 0 saturated heterocycles. The van der Waals surface area contributed by atoms with Crippen molar-refractivity contribution in [3.05, 3.63) is 94.9 Å². The zero-order valence-electron chi connectivity index (χ0n) is 18.9. The molecule has 0 unspecified atom stereocenters. The Balaban J connectivity index is 1.33. The highest BCUT2D eigenvalue weighted by Gasteiger charge is 2.10. The minimum absolute atomic E-state index is 0.213. The summed E-state index contributed by atoms with van der Waals surface area (Å²) in [5.74, 6) is 0.104. The van der Waals surface area contributed by atoms with Gasteiger partial charge in [-0.1, -0.05) is 54.1 Å². The Hall–Kier alpha value is -3.97. The molecule has 0 fully saturated rings. The van der Waals surface area contributed by atoms with E-state index in [1.807, 2.05) is 24.3 Å². The van der Waals surface area contributed by atoms with E-state index >= 15 is 0 Å². The molecule has 0 atom stereocenters. The van der Waals surface area contributed by atoms with Crippen molar-refractivity contribution in [2.45, 2.75) is 20.4 Å². The number of ether oxygens (including phenoxy) is 2. The summed E-state index contributed by atoms with van der Waals surface area (Å²) in [6.45, 7) is 4.40. The first-order valence-electron chi connectivity index (χ1n) is 10.9. The van der Waals surface area contributed by atoms with Crippen molar-refractivity contribution < 1.29 is 19.1 Å². The minimum atomic E-state index is -0.771. The molecule has 7 heteroatoms. The normalized spacial score (nSPS) is 10.5. The van der Waals surface area contributed by atoms with Crippen molar-refractivity contribution in [3.8, 4) is 27.6 Å². The lowest BCUT2D eigenvalue weighted by atomic mass is 10.1. The molecule has 34 heavy (non-hydrogen) atoms. The van der Waals surface area contributed by atoms with Crippen molar-refractivity contribution in [2.24, 2.45) is 0 Å². The molecule has 3 aromatic carbocycles. The fraction of sp³-hybridized carbons (Fsp3) is 0.148. The van der Waals surface area contributed by atoms with E-state index in [0.29, 0.717) is 17.9 Å². The van der Waals surface area contributed by atoms with E-state index < -0.39 is 6.16 Å². The van der Waals surface area contributed by atoms with Crippen LogP contribution >= 0.6 is 11.3 Å². The van der Waals surface area contributed by atoms with Crippen LogP contribution in [0.3, 0.4) is 0 Å². The van der Waals surface area contributed by atoms with Gasteiger partial charge in [0.2, 0.25) is 0 Å². The van der Waals surface area contributed by atoms with Gasteiger partial charge in [-0.15, -0.1) is 11.3 Å². The Kier molecular flexibility index (Phi) is 7.34. The molecule has 0 radical (unpaired) electrons. The maximum absolute atomic E-state index is 12.4. The second-order valence-electron chi connectivity index (χ2n) is 7.59. The summed E-state index contributed by atoms with van der Waals surface area (Å²) in [4.78, 5) is 28.6. The molecule has 4 aromatic rings. The van der Waals surface area contributed by atoms with E-state index in [9.17, 15) is 9.59 Å². The lowest BCUT2D eigenvalue weighted by Crippen LogP contribution is -2.22. The monoisotopic (exact) mass is 472 g/mol. The number of nitrogens with one attached hydrogen (secondary N) is 1. The molecule has 0 aliphatic heterocycles. The predicted molar refractivity (Wildman–Crippen MR) is 133 cm³/mol. The van der Waals surface area contributed by atoms with Gasteiger partial charge < -0.3 is 14.8 Å². The first-order valence-corrected chi connectivity index (χ1v) is 11.7. The fourth-order valence-electron chi connectivity index (χ4n) is 3.23. The van der Waals surface area contributed by atoms with Crippen molar-refractivity contribution in [1.29, 1.82) is 0 Å². The van der Waals surface area contributed by atoms with Gasteiger partial charge in [0.05, 0.1) is 12.3 Å². The smallest absolute Gasteiger partial charge is 0.434 e. The van der Waals surface area contributed by atoms with E-state index in [4.69, 9.17) is 14.5 Å². The van der Waals surface area contributed by atoms with Crippen LogP contribution in [0.4, 0.5) is 4.79 Å². The standard InChI is InChI=1S/C27H24N2O4S/c1-3-32-27(31)33-23-14-12-21(13-15-23)25(30)28-16-19-6-10-22(11-7-19)26-29-24(17-34-26)20-8-4-18(2)5-9-20/h4-15,17H,3,16H2,1-2H3,(H,28,30). The van der Waals surface area contributed by atoms with Gasteiger partial charge in [-0.2, -0.15) is 0 Å². The number of nitrogens with zero attached hydrogens (tertiary/aromatic N) is 1. The SMILES string of the molecule is CCOC(=O)Oc1ccc(C(=O)NCc2ccc(-c3nc(-c4ccc(C)cc4)cs3)cc2)cc1. The number of amides is 1. The predicted octanol–water partition coefficient (Wildman–Crippen LogP) is 6.25. The summed E-state index contributed by atoms with van der Waals surface area (Å²) in [6, 6.07) is 22.6. The van der Waals surface area contributed by atoms with Gasteiger partial charge in [-0.3, -0.25) is 4.79 Å². The summed E-state index contributed by atoms with van der Waals surface area (Å²) in [5, 5.41) is 5.92. The molecule has 1 amide bonds. The second kappa shape index (κ2) is 10.8. The van der Waals surface area contributed by atoms with E-state index in [0.717, 1.165) is 27.4 Å². The second-order valence-corrected chi connectivity index (χ2v) is 8.45. The number of carbonyl (C=O) groups is 2. The number of hydrogen-bond acceptors (Lipinski definition) is 6. The number of aryl methyl sites for hydroxylation is 1. The number of thiazole rings is 1. The minimum Gasteiger partial charge on any atom is -0.434 e. The maximum Gasteiger partial charge on any atom is 0.513 e. The molecule has 172 valence electrons. The Bertz CT molecular complexity index is 1260. The van der Waals surface area contributed by atoms with Gasteiger partial charge in [0, 0.05) is 28.6 Å². The van der Waals surface area contributed by atoms with Gasteiger partial charge in [0.1, 0.15) is 10.8 Å². The van der Waals surface area contributed by atoms with Crippen molar-refractivity contribution in [1.82, 2.24) is 10.3 Å². The van der Waals surface area contributed by atoms with Crippen LogP contribution in [0.15, 0.2) is 78.2 Å². The highest BCUT2D eigenvalue weighted by molar-refractivity contribution is 7.13. The maximum atomic E-state index is 12.4. The molecule has 0 aliphatic carbocycles. The van der Waals surface area contributed by atoms with Crippen LogP contribution in [0.2, 0.25) is 0 Å². The molecule has 1 aromatic heterocycles. The zero-order valence-corrected chi connectivity index (χ0v) is 19.7. The Morgan fingerprint density at radius 2 is 1.59 bits per heavy atom. The molecule has 0 saturated carbocycles. The first-order chi connectivity index (χ1) is 16.5. The average molecular weight is 473 g/mol. The highest BCUT2D eigenvalue weighted by atomic mass is 32.1. The lowest BCUT2D eigenvalue weighted by Gasteiger charge is -2.07. The highest BCUT2D eigenvalue weighted by Crippen LogP contribution is 2.29. The Morgan fingerprint density at radius 3 is 2.26 bits per heavy atom. The van der Waals surface area contributed by atoms with Crippen molar-refractivity contribution >= 4 is 23.4 Å². The van der Waals surface area contributed by atoms with Crippen molar-refractivity contribution in [3.63, 3.8) is 0 Å². The molecular formula is C27H24N2O4S. The quantitative estimate of drug-likeness (QED) is 0.254. The summed E-state index contributed by atoms with van der Waals surface area (Å²) < 4.78 is 9.73. The summed E-state index contributed by atoms with van der Waals surface area (Å²) in [5.41, 5.74) is 5.79. The fourth-order valence-corrected chi connectivity index (χ4v) is 4.07. The van der Waals surface area contributed by atoms with Crippen LogP contribution in [0.25, 0.3) is 21.8 Å². The zero-order chi connectivity index (χ0) is 23.9. The summed E-state index contributed by atoms with van der Waals surface area (Å²) in [6.07, 6.45) is -0.771. The van der Waals surface area contributed by atoms with Crippen LogP contribution < -0.4 is 10.1 Å². The number of aromatic nitrogens is 1. The average Bonchev–Trinajstić information content (AvgIpc) is 3.34. The first kappa shape index (κ1) is 23.2. The third-order valence-electron chi connectivity index (χ3n) is 5.09. The molecule has 0 aliphatic rings. The van der Waals surface area contributed by atoms with Gasteiger partial charge >= 0.3 is 6.16 Å². The van der Waals surface area contributed by atoms with E-state index in [2.05, 4.69) is 41.9 Å². The number of rotatable bonds is 7. The number of carbonyl (C=O) groups excluding carboxylic acids is 2. The number of benzene rings is 3. The molecule has 6 nitrogen and oxygen atoms in total. The third-order valence-corrected chi connectivity index (χ3v) is 5.98. The molecular weight excluding hydrogens is 448 g/mol.